The van der Waals surface area contributed by atoms with Gasteiger partial charge in [0.1, 0.15) is 6.04 Å². The monoisotopic (exact) mass is 279 g/mol. The third-order valence-electron chi connectivity index (χ3n) is 2.12. The zero-order valence-corrected chi connectivity index (χ0v) is 10.3. The number of halogens is 3. The van der Waals surface area contributed by atoms with E-state index in [-0.39, 0.29) is 23.1 Å². The van der Waals surface area contributed by atoms with Crippen LogP contribution < -0.4 is 5.73 Å². The van der Waals surface area contributed by atoms with Crippen LogP contribution in [-0.4, -0.2) is 24.6 Å². The summed E-state index contributed by atoms with van der Waals surface area (Å²) >= 11 is -0.184. The van der Waals surface area contributed by atoms with Crippen molar-refractivity contribution >= 4 is 17.7 Å². The molecule has 100 valence electrons. The fourth-order valence-corrected chi connectivity index (χ4v) is 1.86. The van der Waals surface area contributed by atoms with E-state index in [1.165, 1.54) is 31.4 Å². The molecule has 1 atom stereocenters. The molecule has 0 heterocycles. The highest BCUT2D eigenvalue weighted by atomic mass is 32.2. The van der Waals surface area contributed by atoms with E-state index in [0.717, 1.165) is 0 Å². The van der Waals surface area contributed by atoms with Gasteiger partial charge in [-0.2, -0.15) is 13.2 Å². The van der Waals surface area contributed by atoms with Crippen LogP contribution in [0.3, 0.4) is 0 Å². The van der Waals surface area contributed by atoms with Gasteiger partial charge in [0, 0.05) is 4.90 Å². The Labute approximate surface area is 106 Å². The number of thioether (sulfide) groups is 1. The fraction of sp³-hybridized carbons (Fsp3) is 0.364. The van der Waals surface area contributed by atoms with Crippen LogP contribution in [0.1, 0.15) is 5.56 Å². The number of carbonyl (C=O) groups is 1. The van der Waals surface area contributed by atoms with Gasteiger partial charge in [-0.25, -0.2) is 0 Å². The third kappa shape index (κ3) is 4.97. The summed E-state index contributed by atoms with van der Waals surface area (Å²) in [5.41, 5.74) is 1.92. The Hall–Kier alpha value is -1.21. The Morgan fingerprint density at radius 2 is 1.94 bits per heavy atom. The first-order valence-corrected chi connectivity index (χ1v) is 5.81. The van der Waals surface area contributed by atoms with Crippen molar-refractivity contribution in [2.75, 3.05) is 7.11 Å². The summed E-state index contributed by atoms with van der Waals surface area (Å²) < 4.78 is 40.7. The molecule has 0 radical (unpaired) electrons. The number of methoxy groups -OCH3 is 1. The standard InChI is InChI=1S/C11H12F3NO2S/c1-17-10(16)9(15)6-7-2-4-8(5-3-7)18-11(12,13)14/h2-5,9H,6,15H2,1H3. The average Bonchev–Trinajstić information content (AvgIpc) is 2.28. The summed E-state index contributed by atoms with van der Waals surface area (Å²) in [5, 5.41) is 0. The molecule has 1 unspecified atom stereocenters. The first kappa shape index (κ1) is 14.8. The van der Waals surface area contributed by atoms with Crippen molar-refractivity contribution in [3.05, 3.63) is 29.8 Å². The molecule has 1 aromatic carbocycles. The molecular weight excluding hydrogens is 267 g/mol. The maximum Gasteiger partial charge on any atom is 0.446 e. The number of hydrogen-bond donors (Lipinski definition) is 1. The molecule has 0 spiro atoms. The Kier molecular flexibility index (Phi) is 5.03. The van der Waals surface area contributed by atoms with Crippen LogP contribution in [0.15, 0.2) is 29.2 Å². The lowest BCUT2D eigenvalue weighted by Crippen LogP contribution is -2.33. The minimum atomic E-state index is -4.30. The van der Waals surface area contributed by atoms with Crippen molar-refractivity contribution in [1.82, 2.24) is 0 Å². The SMILES string of the molecule is COC(=O)C(N)Cc1ccc(SC(F)(F)F)cc1. The number of rotatable bonds is 4. The van der Waals surface area contributed by atoms with Crippen LogP contribution >= 0.6 is 11.8 Å². The number of ether oxygens (including phenoxy) is 1. The molecule has 0 fully saturated rings. The minimum absolute atomic E-state index is 0.0953. The van der Waals surface area contributed by atoms with Gasteiger partial charge in [-0.3, -0.25) is 4.79 Å². The second-order valence-corrected chi connectivity index (χ2v) is 4.66. The fourth-order valence-electron chi connectivity index (χ4n) is 1.32. The van der Waals surface area contributed by atoms with E-state index in [1.54, 1.807) is 0 Å². The van der Waals surface area contributed by atoms with Gasteiger partial charge >= 0.3 is 11.5 Å². The van der Waals surface area contributed by atoms with Crippen LogP contribution in [0.5, 0.6) is 0 Å². The lowest BCUT2D eigenvalue weighted by molar-refractivity contribution is -0.142. The van der Waals surface area contributed by atoms with Crippen LogP contribution in [-0.2, 0) is 16.0 Å². The lowest BCUT2D eigenvalue weighted by atomic mass is 10.1. The number of hydrogen-bond acceptors (Lipinski definition) is 4. The summed E-state index contributed by atoms with van der Waals surface area (Å²) in [6, 6.07) is 4.90. The predicted octanol–water partition coefficient (Wildman–Crippen LogP) is 2.34. The van der Waals surface area contributed by atoms with Gasteiger partial charge in [0.15, 0.2) is 0 Å². The van der Waals surface area contributed by atoms with Crippen molar-refractivity contribution in [1.29, 1.82) is 0 Å². The molecule has 0 bridgehead atoms. The normalized spacial score (nSPS) is 13.2. The smallest absolute Gasteiger partial charge is 0.446 e. The molecule has 0 aliphatic heterocycles. The molecule has 0 saturated heterocycles. The largest absolute Gasteiger partial charge is 0.468 e. The molecule has 0 aromatic heterocycles. The molecule has 3 nitrogen and oxygen atoms in total. The van der Waals surface area contributed by atoms with Crippen LogP contribution in [0.2, 0.25) is 0 Å². The zero-order chi connectivity index (χ0) is 13.8. The van der Waals surface area contributed by atoms with E-state index in [2.05, 4.69) is 4.74 Å². The number of alkyl halides is 3. The van der Waals surface area contributed by atoms with Crippen LogP contribution in [0.4, 0.5) is 13.2 Å². The molecule has 7 heteroatoms. The Morgan fingerprint density at radius 1 is 1.39 bits per heavy atom. The van der Waals surface area contributed by atoms with Crippen molar-refractivity contribution in [3.63, 3.8) is 0 Å². The average molecular weight is 279 g/mol. The Balaban J connectivity index is 2.63. The predicted molar refractivity (Wildman–Crippen MR) is 62.0 cm³/mol. The maximum atomic E-state index is 12.1. The summed E-state index contributed by atoms with van der Waals surface area (Å²) in [6.45, 7) is 0. The molecular formula is C11H12F3NO2S. The maximum absolute atomic E-state index is 12.1. The molecule has 0 aliphatic carbocycles. The number of nitrogens with two attached hydrogens (primary N) is 1. The van der Waals surface area contributed by atoms with Gasteiger partial charge in [0.25, 0.3) is 0 Å². The second-order valence-electron chi connectivity index (χ2n) is 3.53. The highest BCUT2D eigenvalue weighted by Gasteiger charge is 2.29. The van der Waals surface area contributed by atoms with Crippen LogP contribution in [0, 0.1) is 0 Å². The molecule has 0 aliphatic rings. The van der Waals surface area contributed by atoms with Gasteiger partial charge in [-0.15, -0.1) is 0 Å². The van der Waals surface area contributed by atoms with Gasteiger partial charge in [0.05, 0.1) is 7.11 Å². The topological polar surface area (TPSA) is 52.3 Å². The minimum Gasteiger partial charge on any atom is -0.468 e. The summed E-state index contributed by atoms with van der Waals surface area (Å²) in [5.74, 6) is -0.552. The van der Waals surface area contributed by atoms with E-state index in [0.29, 0.717) is 5.56 Å². The van der Waals surface area contributed by atoms with Gasteiger partial charge in [0.2, 0.25) is 0 Å². The summed E-state index contributed by atoms with van der Waals surface area (Å²) in [6.07, 6.45) is 0.226. The molecule has 1 aromatic rings. The third-order valence-corrected chi connectivity index (χ3v) is 2.86. The molecule has 0 amide bonds. The molecule has 2 N–H and O–H groups in total. The van der Waals surface area contributed by atoms with E-state index < -0.39 is 17.5 Å². The van der Waals surface area contributed by atoms with Crippen LogP contribution in [0.25, 0.3) is 0 Å². The van der Waals surface area contributed by atoms with Crippen molar-refractivity contribution in [3.8, 4) is 0 Å². The number of benzene rings is 1. The van der Waals surface area contributed by atoms with E-state index in [1.807, 2.05) is 0 Å². The van der Waals surface area contributed by atoms with Gasteiger partial charge < -0.3 is 10.5 Å². The second kappa shape index (κ2) is 6.10. The number of carbonyl (C=O) groups excluding carboxylic acids is 1. The highest BCUT2D eigenvalue weighted by Crippen LogP contribution is 2.36. The molecule has 0 saturated carbocycles. The zero-order valence-electron chi connectivity index (χ0n) is 9.53. The van der Waals surface area contributed by atoms with Gasteiger partial charge in [-0.1, -0.05) is 12.1 Å². The summed E-state index contributed by atoms with van der Waals surface area (Å²) in [7, 11) is 1.23. The van der Waals surface area contributed by atoms with Crippen molar-refractivity contribution in [2.45, 2.75) is 22.9 Å². The summed E-state index contributed by atoms with van der Waals surface area (Å²) in [4.78, 5) is 11.2. The lowest BCUT2D eigenvalue weighted by Gasteiger charge is -2.10. The first-order valence-electron chi connectivity index (χ1n) is 5.00. The van der Waals surface area contributed by atoms with Gasteiger partial charge in [-0.05, 0) is 35.9 Å². The molecule has 18 heavy (non-hydrogen) atoms. The van der Waals surface area contributed by atoms with Crippen molar-refractivity contribution in [2.24, 2.45) is 5.73 Å². The van der Waals surface area contributed by atoms with Crippen molar-refractivity contribution < 1.29 is 22.7 Å². The van der Waals surface area contributed by atoms with E-state index >= 15 is 0 Å². The highest BCUT2D eigenvalue weighted by molar-refractivity contribution is 8.00. The molecule has 1 rings (SSSR count). The quantitative estimate of drug-likeness (QED) is 0.679. The first-order chi connectivity index (χ1) is 8.31. The van der Waals surface area contributed by atoms with E-state index in [4.69, 9.17) is 5.73 Å². The Bertz CT molecular complexity index is 406. The van der Waals surface area contributed by atoms with E-state index in [9.17, 15) is 18.0 Å². The Morgan fingerprint density at radius 3 is 2.39 bits per heavy atom. The number of esters is 1.